The lowest BCUT2D eigenvalue weighted by molar-refractivity contribution is 0.0954. The van der Waals surface area contributed by atoms with E-state index in [1.54, 1.807) is 4.57 Å². The fourth-order valence-corrected chi connectivity index (χ4v) is 2.61. The van der Waals surface area contributed by atoms with Crippen LogP contribution in [0, 0.1) is 0 Å². The molecule has 0 aliphatic rings. The summed E-state index contributed by atoms with van der Waals surface area (Å²) in [5.74, 6) is -0.368. The summed E-state index contributed by atoms with van der Waals surface area (Å²) < 4.78 is 24.3. The fourth-order valence-electron chi connectivity index (χ4n) is 1.85. The van der Waals surface area contributed by atoms with E-state index >= 15 is 0 Å². The predicted molar refractivity (Wildman–Crippen MR) is 76.4 cm³/mol. The highest BCUT2D eigenvalue weighted by Crippen LogP contribution is 2.19. The zero-order valence-corrected chi connectivity index (χ0v) is 12.3. The average molecular weight is 313 g/mol. The highest BCUT2D eigenvalue weighted by molar-refractivity contribution is 8.13. The number of hydrogen-bond acceptors (Lipinski definition) is 3. The maximum absolute atomic E-state index is 11.8. The average Bonchev–Trinajstić information content (AvgIpc) is 2.83. The van der Waals surface area contributed by atoms with E-state index in [-0.39, 0.29) is 16.5 Å². The quantitative estimate of drug-likeness (QED) is 0.876. The number of rotatable bonds is 4. The maximum Gasteiger partial charge on any atom is 0.267 e. The van der Waals surface area contributed by atoms with Crippen LogP contribution in [-0.2, 0) is 15.6 Å². The first kappa shape index (κ1) is 14.6. The molecule has 0 spiro atoms. The molecular weight excluding hydrogens is 300 g/mol. The molecule has 1 heterocycles. The second kappa shape index (κ2) is 5.68. The topological polar surface area (TPSA) is 68.2 Å². The highest BCUT2D eigenvalue weighted by Gasteiger charge is 2.19. The molecule has 1 amide bonds. The molecule has 1 aromatic carbocycles. The minimum Gasteiger partial charge on any atom is -0.354 e. The van der Waals surface area contributed by atoms with Gasteiger partial charge in [-0.2, -0.15) is 0 Å². The molecule has 2 rings (SSSR count). The standard InChI is InChI=1S/C13H13ClN2O3S/c1-15-13(17)12-7-11(20(14,18)19)9-16(12)8-10-5-3-2-4-6-10/h2-7,9H,8H2,1H3,(H,15,17). The summed E-state index contributed by atoms with van der Waals surface area (Å²) in [7, 11) is 2.94. The zero-order valence-electron chi connectivity index (χ0n) is 10.7. The Hall–Kier alpha value is -1.79. The Morgan fingerprint density at radius 1 is 1.30 bits per heavy atom. The molecule has 0 saturated carbocycles. The normalized spacial score (nSPS) is 11.3. The molecule has 106 valence electrons. The van der Waals surface area contributed by atoms with Crippen LogP contribution in [0.15, 0.2) is 47.5 Å². The fraction of sp³-hybridized carbons (Fsp3) is 0.154. The van der Waals surface area contributed by atoms with E-state index in [2.05, 4.69) is 5.32 Å². The van der Waals surface area contributed by atoms with Crippen molar-refractivity contribution in [2.45, 2.75) is 11.4 Å². The number of carbonyl (C=O) groups is 1. The van der Waals surface area contributed by atoms with Crippen LogP contribution in [0.3, 0.4) is 0 Å². The Kier molecular flexibility index (Phi) is 4.15. The lowest BCUT2D eigenvalue weighted by atomic mass is 10.2. The smallest absolute Gasteiger partial charge is 0.267 e. The van der Waals surface area contributed by atoms with Gasteiger partial charge in [0.2, 0.25) is 0 Å². The highest BCUT2D eigenvalue weighted by atomic mass is 35.7. The molecule has 7 heteroatoms. The van der Waals surface area contributed by atoms with E-state index in [0.29, 0.717) is 6.54 Å². The first-order valence-electron chi connectivity index (χ1n) is 5.82. The van der Waals surface area contributed by atoms with Gasteiger partial charge in [0.05, 0.1) is 0 Å². The third-order valence-electron chi connectivity index (χ3n) is 2.81. The summed E-state index contributed by atoms with van der Waals surface area (Å²) >= 11 is 0. The van der Waals surface area contributed by atoms with Crippen LogP contribution in [0.1, 0.15) is 16.1 Å². The van der Waals surface area contributed by atoms with Crippen LogP contribution in [0.2, 0.25) is 0 Å². The molecule has 1 N–H and O–H groups in total. The molecule has 0 aliphatic carbocycles. The van der Waals surface area contributed by atoms with E-state index in [9.17, 15) is 13.2 Å². The van der Waals surface area contributed by atoms with Crippen molar-refractivity contribution in [3.05, 3.63) is 53.9 Å². The van der Waals surface area contributed by atoms with Crippen molar-refractivity contribution in [3.8, 4) is 0 Å². The molecule has 0 unspecified atom stereocenters. The van der Waals surface area contributed by atoms with Gasteiger partial charge in [0.15, 0.2) is 0 Å². The largest absolute Gasteiger partial charge is 0.354 e. The zero-order chi connectivity index (χ0) is 14.8. The Bertz CT molecular complexity index is 723. The monoisotopic (exact) mass is 312 g/mol. The van der Waals surface area contributed by atoms with Gasteiger partial charge in [-0.1, -0.05) is 30.3 Å². The van der Waals surface area contributed by atoms with Gasteiger partial charge >= 0.3 is 0 Å². The van der Waals surface area contributed by atoms with Crippen molar-refractivity contribution in [1.82, 2.24) is 9.88 Å². The number of halogens is 1. The van der Waals surface area contributed by atoms with Crippen molar-refractivity contribution in [2.75, 3.05) is 7.05 Å². The molecule has 20 heavy (non-hydrogen) atoms. The molecule has 0 saturated heterocycles. The van der Waals surface area contributed by atoms with Crippen LogP contribution < -0.4 is 5.32 Å². The first-order valence-corrected chi connectivity index (χ1v) is 8.13. The first-order chi connectivity index (χ1) is 9.41. The molecule has 1 aromatic heterocycles. The Morgan fingerprint density at radius 2 is 1.95 bits per heavy atom. The van der Waals surface area contributed by atoms with Crippen LogP contribution in [0.25, 0.3) is 0 Å². The summed E-state index contributed by atoms with van der Waals surface area (Å²) in [5.41, 5.74) is 1.20. The van der Waals surface area contributed by atoms with Gasteiger partial charge < -0.3 is 9.88 Å². The Balaban J connectivity index is 2.45. The number of aromatic nitrogens is 1. The summed E-state index contributed by atoms with van der Waals surface area (Å²) in [5, 5.41) is 2.47. The minimum absolute atomic E-state index is 0.0892. The number of nitrogens with one attached hydrogen (secondary N) is 1. The molecular formula is C13H13ClN2O3S. The molecule has 0 atom stereocenters. The van der Waals surface area contributed by atoms with E-state index < -0.39 is 9.05 Å². The van der Waals surface area contributed by atoms with Crippen molar-refractivity contribution in [3.63, 3.8) is 0 Å². The summed E-state index contributed by atoms with van der Waals surface area (Å²) in [6.45, 7) is 0.385. The van der Waals surface area contributed by atoms with Crippen LogP contribution in [0.4, 0.5) is 0 Å². The van der Waals surface area contributed by atoms with Crippen LogP contribution >= 0.6 is 10.7 Å². The maximum atomic E-state index is 11.8. The minimum atomic E-state index is -3.87. The van der Waals surface area contributed by atoms with Gasteiger partial charge in [-0.3, -0.25) is 4.79 Å². The summed E-state index contributed by atoms with van der Waals surface area (Å²) in [6.07, 6.45) is 1.36. The third kappa shape index (κ3) is 3.20. The molecule has 5 nitrogen and oxygen atoms in total. The second-order valence-corrected chi connectivity index (χ2v) is 6.76. The van der Waals surface area contributed by atoms with E-state index in [1.165, 1.54) is 19.3 Å². The number of amides is 1. The van der Waals surface area contributed by atoms with Gasteiger partial charge in [0.25, 0.3) is 15.0 Å². The Morgan fingerprint density at radius 3 is 2.50 bits per heavy atom. The predicted octanol–water partition coefficient (Wildman–Crippen LogP) is 1.82. The van der Waals surface area contributed by atoms with Crippen molar-refractivity contribution in [2.24, 2.45) is 0 Å². The van der Waals surface area contributed by atoms with E-state index in [0.717, 1.165) is 5.56 Å². The van der Waals surface area contributed by atoms with Crippen LogP contribution in [0.5, 0.6) is 0 Å². The van der Waals surface area contributed by atoms with Crippen LogP contribution in [-0.4, -0.2) is 25.9 Å². The van der Waals surface area contributed by atoms with Crippen molar-refractivity contribution >= 4 is 25.6 Å². The van der Waals surface area contributed by atoms with Gasteiger partial charge in [-0.05, 0) is 11.6 Å². The lowest BCUT2D eigenvalue weighted by Gasteiger charge is -2.07. The van der Waals surface area contributed by atoms with Gasteiger partial charge in [0.1, 0.15) is 10.6 Å². The number of nitrogens with zero attached hydrogens (tertiary/aromatic N) is 1. The molecule has 0 bridgehead atoms. The van der Waals surface area contributed by atoms with Crippen molar-refractivity contribution < 1.29 is 13.2 Å². The summed E-state index contributed by atoms with van der Waals surface area (Å²) in [6, 6.07) is 10.7. The molecule has 0 fully saturated rings. The lowest BCUT2D eigenvalue weighted by Crippen LogP contribution is -2.21. The SMILES string of the molecule is CNC(=O)c1cc(S(=O)(=O)Cl)cn1Cc1ccccc1. The van der Waals surface area contributed by atoms with E-state index in [4.69, 9.17) is 10.7 Å². The van der Waals surface area contributed by atoms with Crippen molar-refractivity contribution in [1.29, 1.82) is 0 Å². The second-order valence-electron chi connectivity index (χ2n) is 4.19. The number of hydrogen-bond donors (Lipinski definition) is 1. The Labute approximate surface area is 121 Å². The third-order valence-corrected chi connectivity index (χ3v) is 4.13. The van der Waals surface area contributed by atoms with E-state index in [1.807, 2.05) is 30.3 Å². The van der Waals surface area contributed by atoms with Gasteiger partial charge in [-0.25, -0.2) is 8.42 Å². The number of carbonyl (C=O) groups excluding carboxylic acids is 1. The van der Waals surface area contributed by atoms with Gasteiger partial charge in [-0.15, -0.1) is 0 Å². The summed E-state index contributed by atoms with van der Waals surface area (Å²) in [4.78, 5) is 11.7. The molecule has 0 radical (unpaired) electrons. The molecule has 0 aliphatic heterocycles. The molecule has 2 aromatic rings. The number of benzene rings is 1. The van der Waals surface area contributed by atoms with Gasteiger partial charge in [0, 0.05) is 30.5 Å².